The zero-order chi connectivity index (χ0) is 6.97. The predicted octanol–water partition coefficient (Wildman–Crippen LogP) is 1.35. The summed E-state index contributed by atoms with van der Waals surface area (Å²) in [6, 6.07) is 1.90. The van der Waals surface area contributed by atoms with Gasteiger partial charge in [-0.2, -0.15) is 0 Å². The molecule has 3 nitrogen and oxygen atoms in total. The van der Waals surface area contributed by atoms with Gasteiger partial charge in [-0.1, -0.05) is 5.16 Å². The van der Waals surface area contributed by atoms with Gasteiger partial charge in [-0.15, -0.1) is 11.3 Å². The van der Waals surface area contributed by atoms with E-state index in [4.69, 9.17) is 10.3 Å². The average molecular weight is 154 g/mol. The van der Waals surface area contributed by atoms with Crippen LogP contribution in [-0.4, -0.2) is 5.16 Å². The Morgan fingerprint density at radius 2 is 2.60 bits per heavy atom. The van der Waals surface area contributed by atoms with Gasteiger partial charge >= 0.3 is 0 Å². The molecule has 0 spiro atoms. The molecule has 2 aromatic heterocycles. The first kappa shape index (κ1) is 5.88. The number of nitrogens with zero attached hydrogens (tertiary/aromatic N) is 1. The molecule has 52 valence electrons. The highest BCUT2D eigenvalue weighted by molar-refractivity contribution is 7.17. The van der Waals surface area contributed by atoms with E-state index in [0.717, 1.165) is 16.0 Å². The highest BCUT2D eigenvalue weighted by Gasteiger charge is 2.05. The quantitative estimate of drug-likeness (QED) is 0.674. The zero-order valence-electron chi connectivity index (χ0n) is 5.20. The van der Waals surface area contributed by atoms with Crippen molar-refractivity contribution < 1.29 is 4.52 Å². The highest BCUT2D eigenvalue weighted by Crippen LogP contribution is 2.23. The van der Waals surface area contributed by atoms with Crippen LogP contribution in [0.1, 0.15) is 5.69 Å². The molecule has 0 aliphatic heterocycles. The van der Waals surface area contributed by atoms with E-state index >= 15 is 0 Å². The lowest BCUT2D eigenvalue weighted by Crippen LogP contribution is -1.95. The largest absolute Gasteiger partial charge is 0.355 e. The Bertz CT molecular complexity index is 338. The number of nitrogens with two attached hydrogens (primary N) is 1. The number of aromatic nitrogens is 1. The Morgan fingerprint density at radius 1 is 1.70 bits per heavy atom. The SMILES string of the molecule is NCc1noc2ccsc12. The van der Waals surface area contributed by atoms with E-state index < -0.39 is 0 Å². The molecule has 0 saturated heterocycles. The van der Waals surface area contributed by atoms with Gasteiger partial charge in [-0.25, -0.2) is 0 Å². The molecular weight excluding hydrogens is 148 g/mol. The smallest absolute Gasteiger partial charge is 0.177 e. The summed E-state index contributed by atoms with van der Waals surface area (Å²) < 4.78 is 6.03. The van der Waals surface area contributed by atoms with Gasteiger partial charge in [0.05, 0.1) is 4.70 Å². The van der Waals surface area contributed by atoms with Gasteiger partial charge in [0.2, 0.25) is 0 Å². The number of fused-ring (bicyclic) bond motifs is 1. The lowest BCUT2D eigenvalue weighted by Gasteiger charge is -1.80. The van der Waals surface area contributed by atoms with Crippen molar-refractivity contribution in [2.75, 3.05) is 0 Å². The van der Waals surface area contributed by atoms with Crippen molar-refractivity contribution in [2.24, 2.45) is 5.73 Å². The fraction of sp³-hybridized carbons (Fsp3) is 0.167. The summed E-state index contributed by atoms with van der Waals surface area (Å²) in [6.45, 7) is 0.452. The molecular formula is C6H6N2OS. The van der Waals surface area contributed by atoms with Gasteiger partial charge in [0.1, 0.15) is 5.69 Å². The molecule has 0 aliphatic rings. The molecule has 10 heavy (non-hydrogen) atoms. The van der Waals surface area contributed by atoms with E-state index in [-0.39, 0.29) is 0 Å². The Balaban J connectivity index is 2.76. The van der Waals surface area contributed by atoms with Crippen molar-refractivity contribution in [1.82, 2.24) is 5.16 Å². The van der Waals surface area contributed by atoms with Gasteiger partial charge in [-0.3, -0.25) is 0 Å². The lowest BCUT2D eigenvalue weighted by atomic mass is 10.4. The molecule has 0 unspecified atom stereocenters. The van der Waals surface area contributed by atoms with Crippen molar-refractivity contribution in [3.63, 3.8) is 0 Å². The topological polar surface area (TPSA) is 52.0 Å². The van der Waals surface area contributed by atoms with Crippen LogP contribution in [0.25, 0.3) is 10.3 Å². The minimum absolute atomic E-state index is 0.452. The van der Waals surface area contributed by atoms with E-state index in [1.807, 2.05) is 11.4 Å². The molecule has 0 amide bonds. The van der Waals surface area contributed by atoms with E-state index in [2.05, 4.69) is 5.16 Å². The third kappa shape index (κ3) is 0.661. The monoisotopic (exact) mass is 154 g/mol. The number of rotatable bonds is 1. The van der Waals surface area contributed by atoms with Crippen LogP contribution >= 0.6 is 11.3 Å². The Labute approximate surface area is 61.4 Å². The third-order valence-electron chi connectivity index (χ3n) is 1.34. The summed E-state index contributed by atoms with van der Waals surface area (Å²) in [7, 11) is 0. The maximum atomic E-state index is 5.40. The lowest BCUT2D eigenvalue weighted by molar-refractivity contribution is 0.446. The summed E-state index contributed by atoms with van der Waals surface area (Å²) in [4.78, 5) is 0. The fourth-order valence-electron chi connectivity index (χ4n) is 0.855. The average Bonchev–Trinajstić information content (AvgIpc) is 2.44. The molecule has 0 aliphatic carbocycles. The summed E-state index contributed by atoms with van der Waals surface area (Å²) in [5.41, 5.74) is 7.09. The van der Waals surface area contributed by atoms with E-state index in [1.165, 1.54) is 0 Å². The Kier molecular flexibility index (Phi) is 1.22. The number of hydrogen-bond acceptors (Lipinski definition) is 4. The maximum Gasteiger partial charge on any atom is 0.177 e. The fourth-order valence-corrected chi connectivity index (χ4v) is 1.66. The van der Waals surface area contributed by atoms with Crippen LogP contribution in [0.2, 0.25) is 0 Å². The van der Waals surface area contributed by atoms with Gasteiger partial charge in [0, 0.05) is 6.54 Å². The zero-order valence-corrected chi connectivity index (χ0v) is 6.02. The Hall–Kier alpha value is -0.870. The van der Waals surface area contributed by atoms with E-state index in [9.17, 15) is 0 Å². The molecule has 0 aromatic carbocycles. The normalized spacial score (nSPS) is 10.9. The van der Waals surface area contributed by atoms with Crippen molar-refractivity contribution in [3.8, 4) is 0 Å². The van der Waals surface area contributed by atoms with Gasteiger partial charge in [0.25, 0.3) is 0 Å². The first-order valence-electron chi connectivity index (χ1n) is 2.93. The molecule has 0 fully saturated rings. The summed E-state index contributed by atoms with van der Waals surface area (Å²) in [6.07, 6.45) is 0. The van der Waals surface area contributed by atoms with Crippen molar-refractivity contribution >= 4 is 21.6 Å². The minimum atomic E-state index is 0.452. The molecule has 0 bridgehead atoms. The minimum Gasteiger partial charge on any atom is -0.355 e. The molecule has 2 N–H and O–H groups in total. The highest BCUT2D eigenvalue weighted by atomic mass is 32.1. The Morgan fingerprint density at radius 3 is 3.40 bits per heavy atom. The molecule has 0 saturated carbocycles. The predicted molar refractivity (Wildman–Crippen MR) is 39.8 cm³/mol. The summed E-state index contributed by atoms with van der Waals surface area (Å²) in [5.74, 6) is 0. The van der Waals surface area contributed by atoms with Crippen LogP contribution in [0.5, 0.6) is 0 Å². The second kappa shape index (κ2) is 2.07. The van der Waals surface area contributed by atoms with Crippen molar-refractivity contribution in [2.45, 2.75) is 6.54 Å². The van der Waals surface area contributed by atoms with Gasteiger partial charge in [-0.05, 0) is 11.4 Å². The maximum absolute atomic E-state index is 5.40. The third-order valence-corrected chi connectivity index (χ3v) is 2.28. The standard InChI is InChI=1S/C6H6N2OS/c7-3-4-6-5(9-8-4)1-2-10-6/h1-2H,3,7H2. The second-order valence-electron chi connectivity index (χ2n) is 1.95. The van der Waals surface area contributed by atoms with Gasteiger partial charge < -0.3 is 10.3 Å². The molecule has 4 heteroatoms. The van der Waals surface area contributed by atoms with E-state index in [0.29, 0.717) is 6.54 Å². The van der Waals surface area contributed by atoms with Crippen LogP contribution in [0, 0.1) is 0 Å². The molecule has 2 heterocycles. The summed E-state index contributed by atoms with van der Waals surface area (Å²) in [5, 5.41) is 5.75. The van der Waals surface area contributed by atoms with Crippen molar-refractivity contribution in [3.05, 3.63) is 17.1 Å². The first-order chi connectivity index (χ1) is 4.92. The van der Waals surface area contributed by atoms with Crippen LogP contribution in [0.4, 0.5) is 0 Å². The second-order valence-corrected chi connectivity index (χ2v) is 2.86. The first-order valence-corrected chi connectivity index (χ1v) is 3.81. The van der Waals surface area contributed by atoms with Crippen LogP contribution in [0.3, 0.4) is 0 Å². The van der Waals surface area contributed by atoms with Crippen molar-refractivity contribution in [1.29, 1.82) is 0 Å². The molecule has 0 atom stereocenters. The van der Waals surface area contributed by atoms with Crippen LogP contribution in [-0.2, 0) is 6.54 Å². The van der Waals surface area contributed by atoms with E-state index in [1.54, 1.807) is 11.3 Å². The molecule has 2 aromatic rings. The summed E-state index contributed by atoms with van der Waals surface area (Å²) >= 11 is 1.61. The van der Waals surface area contributed by atoms with Gasteiger partial charge in [0.15, 0.2) is 5.58 Å². The number of thiophene rings is 1. The molecule has 2 rings (SSSR count). The van der Waals surface area contributed by atoms with Crippen LogP contribution < -0.4 is 5.73 Å². The number of hydrogen-bond donors (Lipinski definition) is 1. The molecule has 0 radical (unpaired) electrons. The van der Waals surface area contributed by atoms with Crippen LogP contribution in [0.15, 0.2) is 16.0 Å².